The number of para-hydroxylation sites is 1. The van der Waals surface area contributed by atoms with E-state index in [4.69, 9.17) is 16.3 Å². The highest BCUT2D eigenvalue weighted by Gasteiger charge is 2.25. The lowest BCUT2D eigenvalue weighted by molar-refractivity contribution is -0.134. The molecule has 0 fully saturated rings. The second-order valence-corrected chi connectivity index (χ2v) is 6.53. The predicted molar refractivity (Wildman–Crippen MR) is 109 cm³/mol. The van der Waals surface area contributed by atoms with Gasteiger partial charge >= 0.3 is 0 Å². The van der Waals surface area contributed by atoms with Gasteiger partial charge in [-0.2, -0.15) is 0 Å². The van der Waals surface area contributed by atoms with Gasteiger partial charge in [-0.05, 0) is 30.2 Å². The van der Waals surface area contributed by atoms with Crippen molar-refractivity contribution in [1.82, 2.24) is 4.90 Å². The summed E-state index contributed by atoms with van der Waals surface area (Å²) in [4.78, 5) is 14.8. The van der Waals surface area contributed by atoms with E-state index in [0.29, 0.717) is 17.3 Å². The first-order valence-corrected chi connectivity index (χ1v) is 9.35. The Labute approximate surface area is 165 Å². The first kappa shape index (κ1) is 19.0. The number of likely N-dealkylation sites (N-methyl/N-ethyl adjacent to an activating group) is 1. The summed E-state index contributed by atoms with van der Waals surface area (Å²) in [5.74, 6) is 0.426. The Hall–Kier alpha value is -2.78. The summed E-state index contributed by atoms with van der Waals surface area (Å²) >= 11 is 6.13. The molecule has 4 heteroatoms. The zero-order valence-electron chi connectivity index (χ0n) is 15.2. The lowest BCUT2D eigenvalue weighted by atomic mass is 9.97. The Morgan fingerprint density at radius 2 is 1.41 bits per heavy atom. The molecule has 0 radical (unpaired) electrons. The molecule has 3 rings (SSSR count). The number of carbonyl (C=O) groups is 1. The molecule has 3 aromatic rings. The van der Waals surface area contributed by atoms with Crippen molar-refractivity contribution in [2.24, 2.45) is 0 Å². The third kappa shape index (κ3) is 4.69. The Kier molecular flexibility index (Phi) is 6.50. The second-order valence-electron chi connectivity index (χ2n) is 6.12. The van der Waals surface area contributed by atoms with Crippen molar-refractivity contribution in [2.45, 2.75) is 13.0 Å². The van der Waals surface area contributed by atoms with E-state index in [1.165, 1.54) is 0 Å². The fourth-order valence-corrected chi connectivity index (χ4v) is 3.30. The third-order valence-electron chi connectivity index (χ3n) is 4.39. The molecule has 0 N–H and O–H groups in total. The van der Waals surface area contributed by atoms with Crippen LogP contribution in [-0.4, -0.2) is 24.0 Å². The molecule has 0 aliphatic rings. The molecule has 0 unspecified atom stereocenters. The minimum atomic E-state index is -0.167. The molecular weight excluding hydrogens is 358 g/mol. The lowest BCUT2D eigenvalue weighted by Gasteiger charge is -2.32. The van der Waals surface area contributed by atoms with Gasteiger partial charge in [0.25, 0.3) is 5.91 Å². The van der Waals surface area contributed by atoms with Gasteiger partial charge in [-0.3, -0.25) is 4.79 Å². The van der Waals surface area contributed by atoms with Gasteiger partial charge in [0.2, 0.25) is 0 Å². The fraction of sp³-hybridized carbons (Fsp3) is 0.174. The highest BCUT2D eigenvalue weighted by molar-refractivity contribution is 6.32. The molecule has 0 heterocycles. The summed E-state index contributed by atoms with van der Waals surface area (Å²) in [5, 5.41) is 0.496. The summed E-state index contributed by atoms with van der Waals surface area (Å²) in [5.41, 5.74) is 2.13. The van der Waals surface area contributed by atoms with E-state index in [-0.39, 0.29) is 18.6 Å². The number of carbonyl (C=O) groups excluding carboxylic acids is 1. The van der Waals surface area contributed by atoms with Crippen molar-refractivity contribution < 1.29 is 9.53 Å². The molecule has 0 aromatic heterocycles. The van der Waals surface area contributed by atoms with E-state index in [0.717, 1.165) is 11.1 Å². The molecule has 1 amide bonds. The van der Waals surface area contributed by atoms with Crippen LogP contribution in [0, 0.1) is 0 Å². The molecule has 27 heavy (non-hydrogen) atoms. The van der Waals surface area contributed by atoms with Crippen molar-refractivity contribution in [3.05, 3.63) is 101 Å². The first-order chi connectivity index (χ1) is 13.2. The van der Waals surface area contributed by atoms with E-state index in [1.807, 2.05) is 84.6 Å². The monoisotopic (exact) mass is 379 g/mol. The van der Waals surface area contributed by atoms with Gasteiger partial charge in [0.05, 0.1) is 11.1 Å². The van der Waals surface area contributed by atoms with E-state index in [9.17, 15) is 4.79 Å². The maximum atomic E-state index is 13.0. The van der Waals surface area contributed by atoms with Crippen LogP contribution in [0.5, 0.6) is 5.75 Å². The zero-order valence-corrected chi connectivity index (χ0v) is 16.0. The molecule has 138 valence electrons. The van der Waals surface area contributed by atoms with Gasteiger partial charge in [0, 0.05) is 6.54 Å². The number of benzene rings is 3. The third-order valence-corrected chi connectivity index (χ3v) is 4.70. The minimum absolute atomic E-state index is 0.0618. The Bertz CT molecular complexity index is 828. The average Bonchev–Trinajstić information content (AvgIpc) is 2.72. The highest BCUT2D eigenvalue weighted by atomic mass is 35.5. The van der Waals surface area contributed by atoms with Crippen LogP contribution in [0.1, 0.15) is 24.1 Å². The second kappa shape index (κ2) is 9.24. The average molecular weight is 380 g/mol. The van der Waals surface area contributed by atoms with E-state index in [1.54, 1.807) is 12.1 Å². The van der Waals surface area contributed by atoms with E-state index >= 15 is 0 Å². The van der Waals surface area contributed by atoms with Gasteiger partial charge in [-0.15, -0.1) is 0 Å². The number of nitrogens with zero attached hydrogens (tertiary/aromatic N) is 1. The Morgan fingerprint density at radius 1 is 0.889 bits per heavy atom. The van der Waals surface area contributed by atoms with Crippen LogP contribution < -0.4 is 4.74 Å². The van der Waals surface area contributed by atoms with Crippen LogP contribution in [-0.2, 0) is 4.79 Å². The molecule has 3 aromatic carbocycles. The maximum absolute atomic E-state index is 13.0. The van der Waals surface area contributed by atoms with Crippen LogP contribution in [0.15, 0.2) is 84.9 Å². The molecule has 0 aliphatic heterocycles. The Morgan fingerprint density at radius 3 is 1.93 bits per heavy atom. The molecular formula is C23H22ClNO2. The number of amides is 1. The standard InChI is InChI=1S/C23H22ClNO2/c1-2-25(22(26)17-27-21-16-10-9-15-20(21)24)23(18-11-5-3-6-12-18)19-13-7-4-8-14-19/h3-16,23H,2,17H2,1H3. The zero-order chi connectivity index (χ0) is 19.1. The highest BCUT2D eigenvalue weighted by Crippen LogP contribution is 2.29. The molecule has 3 nitrogen and oxygen atoms in total. The van der Waals surface area contributed by atoms with Crippen molar-refractivity contribution in [3.8, 4) is 5.75 Å². The number of hydrogen-bond donors (Lipinski definition) is 0. The van der Waals surface area contributed by atoms with Gasteiger partial charge in [-0.25, -0.2) is 0 Å². The molecule has 0 aliphatic carbocycles. The van der Waals surface area contributed by atoms with Gasteiger partial charge in [0.15, 0.2) is 6.61 Å². The molecule has 0 bridgehead atoms. The molecule has 0 saturated heterocycles. The number of ether oxygens (including phenoxy) is 1. The van der Waals surface area contributed by atoms with Gasteiger partial charge in [0.1, 0.15) is 5.75 Å². The summed E-state index contributed by atoms with van der Waals surface area (Å²) in [6.07, 6.45) is 0. The summed E-state index contributed by atoms with van der Waals surface area (Å²) in [6.45, 7) is 2.49. The minimum Gasteiger partial charge on any atom is -0.482 e. The number of halogens is 1. The van der Waals surface area contributed by atoms with Crippen LogP contribution in [0.25, 0.3) is 0 Å². The van der Waals surface area contributed by atoms with Gasteiger partial charge in [-0.1, -0.05) is 84.4 Å². The van der Waals surface area contributed by atoms with Crippen molar-refractivity contribution in [3.63, 3.8) is 0 Å². The van der Waals surface area contributed by atoms with Crippen LogP contribution in [0.3, 0.4) is 0 Å². The quantitative estimate of drug-likeness (QED) is 0.553. The van der Waals surface area contributed by atoms with Crippen molar-refractivity contribution >= 4 is 17.5 Å². The smallest absolute Gasteiger partial charge is 0.261 e. The number of hydrogen-bond acceptors (Lipinski definition) is 2. The lowest BCUT2D eigenvalue weighted by Crippen LogP contribution is -2.38. The summed E-state index contributed by atoms with van der Waals surface area (Å²) < 4.78 is 5.68. The fourth-order valence-electron chi connectivity index (χ4n) is 3.11. The first-order valence-electron chi connectivity index (χ1n) is 8.97. The summed E-state index contributed by atoms with van der Waals surface area (Å²) in [7, 11) is 0. The predicted octanol–water partition coefficient (Wildman–Crippen LogP) is 5.36. The van der Waals surface area contributed by atoms with Crippen molar-refractivity contribution in [2.75, 3.05) is 13.2 Å². The van der Waals surface area contributed by atoms with Crippen molar-refractivity contribution in [1.29, 1.82) is 0 Å². The molecule has 0 spiro atoms. The SMILES string of the molecule is CCN(C(=O)COc1ccccc1Cl)C(c1ccccc1)c1ccccc1. The summed E-state index contributed by atoms with van der Waals surface area (Å²) in [6, 6.07) is 27.1. The largest absolute Gasteiger partial charge is 0.482 e. The topological polar surface area (TPSA) is 29.5 Å². The van der Waals surface area contributed by atoms with Crippen LogP contribution >= 0.6 is 11.6 Å². The Balaban J connectivity index is 1.85. The number of rotatable bonds is 7. The van der Waals surface area contributed by atoms with E-state index in [2.05, 4.69) is 0 Å². The van der Waals surface area contributed by atoms with Crippen LogP contribution in [0.2, 0.25) is 5.02 Å². The molecule has 0 atom stereocenters. The van der Waals surface area contributed by atoms with Crippen LogP contribution in [0.4, 0.5) is 0 Å². The van der Waals surface area contributed by atoms with E-state index < -0.39 is 0 Å². The van der Waals surface area contributed by atoms with Gasteiger partial charge < -0.3 is 9.64 Å². The normalized spacial score (nSPS) is 10.6. The molecule has 0 saturated carbocycles. The maximum Gasteiger partial charge on any atom is 0.261 e.